The lowest BCUT2D eigenvalue weighted by Crippen LogP contribution is -2.32. The predicted molar refractivity (Wildman–Crippen MR) is 77.8 cm³/mol. The van der Waals surface area contributed by atoms with E-state index in [2.05, 4.69) is 31.4 Å². The van der Waals surface area contributed by atoms with Crippen LogP contribution in [0.3, 0.4) is 0 Å². The third-order valence-corrected chi connectivity index (χ3v) is 3.18. The summed E-state index contributed by atoms with van der Waals surface area (Å²) in [6.45, 7) is 0.712. The highest BCUT2D eigenvalue weighted by atomic mass is 79.9. The van der Waals surface area contributed by atoms with Gasteiger partial charge in [-0.2, -0.15) is 0 Å². The Morgan fingerprint density at radius 2 is 2.05 bits per heavy atom. The lowest BCUT2D eigenvalue weighted by Gasteiger charge is -2.12. The summed E-state index contributed by atoms with van der Waals surface area (Å²) in [6, 6.07) is 7.62. The second kappa shape index (κ2) is 6.62. The number of halogens is 1. The number of carbonyl (C=O) groups is 1. The van der Waals surface area contributed by atoms with Gasteiger partial charge in [-0.1, -0.05) is 15.9 Å². The zero-order valence-corrected chi connectivity index (χ0v) is 12.8. The third-order valence-electron chi connectivity index (χ3n) is 2.66. The summed E-state index contributed by atoms with van der Waals surface area (Å²) < 4.78 is 6.58. The lowest BCUT2D eigenvalue weighted by atomic mass is 10.2. The van der Waals surface area contributed by atoms with E-state index in [1.807, 2.05) is 31.3 Å². The molecule has 0 aliphatic heterocycles. The number of nitrogens with zero attached hydrogens (tertiary/aromatic N) is 3. The van der Waals surface area contributed by atoms with Gasteiger partial charge < -0.3 is 9.73 Å². The van der Waals surface area contributed by atoms with Gasteiger partial charge in [0.2, 0.25) is 17.7 Å². The van der Waals surface area contributed by atoms with Gasteiger partial charge in [0.15, 0.2) is 0 Å². The van der Waals surface area contributed by atoms with Crippen molar-refractivity contribution in [1.82, 2.24) is 20.4 Å². The Kier molecular flexibility index (Phi) is 4.86. The van der Waals surface area contributed by atoms with Crippen LogP contribution in [0.4, 0.5) is 0 Å². The van der Waals surface area contributed by atoms with Gasteiger partial charge >= 0.3 is 0 Å². The van der Waals surface area contributed by atoms with Crippen LogP contribution in [0.5, 0.6) is 0 Å². The van der Waals surface area contributed by atoms with E-state index in [4.69, 9.17) is 4.42 Å². The summed E-state index contributed by atoms with van der Waals surface area (Å²) in [4.78, 5) is 13.1. The van der Waals surface area contributed by atoms with Crippen molar-refractivity contribution in [3.8, 4) is 11.5 Å². The molecule has 0 atom stereocenters. The number of rotatable bonds is 5. The molecule has 6 nitrogen and oxygen atoms in total. The van der Waals surface area contributed by atoms with Crippen LogP contribution in [0.2, 0.25) is 0 Å². The average Bonchev–Trinajstić information content (AvgIpc) is 2.87. The summed E-state index contributed by atoms with van der Waals surface area (Å²) in [6.07, 6.45) is 0. The molecule has 0 saturated carbocycles. The monoisotopic (exact) mass is 338 g/mol. The Morgan fingerprint density at radius 1 is 1.35 bits per heavy atom. The number of likely N-dealkylation sites (N-methyl/N-ethyl adjacent to an activating group) is 2. The number of amides is 1. The van der Waals surface area contributed by atoms with Gasteiger partial charge in [-0.3, -0.25) is 9.69 Å². The van der Waals surface area contributed by atoms with Crippen molar-refractivity contribution in [2.75, 3.05) is 20.6 Å². The number of nitrogens with one attached hydrogen (secondary N) is 1. The molecule has 1 amide bonds. The van der Waals surface area contributed by atoms with Gasteiger partial charge in [0.1, 0.15) is 0 Å². The maximum atomic E-state index is 11.2. The summed E-state index contributed by atoms with van der Waals surface area (Å²) in [7, 11) is 3.42. The van der Waals surface area contributed by atoms with E-state index in [9.17, 15) is 4.79 Å². The second-order valence-corrected chi connectivity index (χ2v) is 5.27. The minimum Gasteiger partial charge on any atom is -0.419 e. The van der Waals surface area contributed by atoms with E-state index in [0.717, 1.165) is 10.0 Å². The second-order valence-electron chi connectivity index (χ2n) is 4.35. The molecule has 20 heavy (non-hydrogen) atoms. The molecule has 2 aromatic rings. The van der Waals surface area contributed by atoms with Crippen molar-refractivity contribution in [2.24, 2.45) is 0 Å². The maximum Gasteiger partial charge on any atom is 0.247 e. The first-order valence-corrected chi connectivity index (χ1v) is 6.85. The minimum absolute atomic E-state index is 0.0554. The molecular weight excluding hydrogens is 324 g/mol. The Hall–Kier alpha value is -1.73. The molecule has 0 aliphatic carbocycles. The Labute approximate surface area is 125 Å². The molecule has 1 aromatic carbocycles. The smallest absolute Gasteiger partial charge is 0.247 e. The van der Waals surface area contributed by atoms with Crippen LogP contribution in [-0.4, -0.2) is 41.6 Å². The highest BCUT2D eigenvalue weighted by Gasteiger charge is 2.12. The molecule has 0 spiro atoms. The fourth-order valence-electron chi connectivity index (χ4n) is 1.64. The average molecular weight is 339 g/mol. The van der Waals surface area contributed by atoms with Gasteiger partial charge in [0.05, 0.1) is 13.1 Å². The van der Waals surface area contributed by atoms with Crippen LogP contribution < -0.4 is 5.32 Å². The van der Waals surface area contributed by atoms with E-state index in [-0.39, 0.29) is 12.5 Å². The van der Waals surface area contributed by atoms with Crippen LogP contribution in [0, 0.1) is 0 Å². The van der Waals surface area contributed by atoms with Crippen LogP contribution in [0.1, 0.15) is 5.89 Å². The van der Waals surface area contributed by atoms with Crippen LogP contribution >= 0.6 is 15.9 Å². The number of benzene rings is 1. The molecule has 7 heteroatoms. The van der Waals surface area contributed by atoms with Crippen molar-refractivity contribution in [3.63, 3.8) is 0 Å². The van der Waals surface area contributed by atoms with Gasteiger partial charge in [0, 0.05) is 17.1 Å². The molecule has 0 unspecified atom stereocenters. The largest absolute Gasteiger partial charge is 0.419 e. The lowest BCUT2D eigenvalue weighted by molar-refractivity contribution is -0.121. The topological polar surface area (TPSA) is 71.3 Å². The molecule has 0 fully saturated rings. The molecule has 1 aromatic heterocycles. The maximum absolute atomic E-state index is 11.2. The normalized spacial score (nSPS) is 10.8. The van der Waals surface area contributed by atoms with Gasteiger partial charge in [0.25, 0.3) is 0 Å². The zero-order valence-electron chi connectivity index (χ0n) is 11.3. The number of hydrogen-bond donors (Lipinski definition) is 1. The highest BCUT2D eigenvalue weighted by Crippen LogP contribution is 2.20. The van der Waals surface area contributed by atoms with Crippen LogP contribution in [0.15, 0.2) is 33.2 Å². The van der Waals surface area contributed by atoms with Gasteiger partial charge in [-0.15, -0.1) is 10.2 Å². The van der Waals surface area contributed by atoms with E-state index in [1.165, 1.54) is 0 Å². The predicted octanol–water partition coefficient (Wildman–Crippen LogP) is 1.68. The number of hydrogen-bond acceptors (Lipinski definition) is 5. The van der Waals surface area contributed by atoms with Crippen LogP contribution in [0.25, 0.3) is 11.5 Å². The summed E-state index contributed by atoms with van der Waals surface area (Å²) >= 11 is 3.37. The standard InChI is InChI=1S/C13H15BrN4O2/c1-15-11(19)7-18(2)8-12-16-17-13(20-12)9-3-5-10(14)6-4-9/h3-6H,7-8H2,1-2H3,(H,15,19). The first-order chi connectivity index (χ1) is 9.58. The van der Waals surface area contributed by atoms with E-state index in [1.54, 1.807) is 11.9 Å². The Morgan fingerprint density at radius 3 is 2.70 bits per heavy atom. The molecule has 1 heterocycles. The fraction of sp³-hybridized carbons (Fsp3) is 0.308. The molecule has 1 N–H and O–H groups in total. The Bertz CT molecular complexity index is 582. The van der Waals surface area contributed by atoms with Crippen molar-refractivity contribution in [1.29, 1.82) is 0 Å². The first-order valence-electron chi connectivity index (χ1n) is 6.06. The molecular formula is C13H15BrN4O2. The van der Waals surface area contributed by atoms with Crippen molar-refractivity contribution >= 4 is 21.8 Å². The van der Waals surface area contributed by atoms with Crippen molar-refractivity contribution in [2.45, 2.75) is 6.54 Å². The van der Waals surface area contributed by atoms with Crippen molar-refractivity contribution in [3.05, 3.63) is 34.6 Å². The number of aromatic nitrogens is 2. The molecule has 2 rings (SSSR count). The summed E-state index contributed by atoms with van der Waals surface area (Å²) in [5.41, 5.74) is 0.862. The molecule has 0 aliphatic rings. The number of carbonyl (C=O) groups excluding carboxylic acids is 1. The molecule has 106 valence electrons. The molecule has 0 saturated heterocycles. The van der Waals surface area contributed by atoms with E-state index < -0.39 is 0 Å². The zero-order chi connectivity index (χ0) is 14.5. The molecule has 0 radical (unpaired) electrons. The first kappa shape index (κ1) is 14.7. The SMILES string of the molecule is CNC(=O)CN(C)Cc1nnc(-c2ccc(Br)cc2)o1. The summed E-state index contributed by atoms with van der Waals surface area (Å²) in [5.74, 6) is 0.898. The van der Waals surface area contributed by atoms with Gasteiger partial charge in [-0.25, -0.2) is 0 Å². The minimum atomic E-state index is -0.0554. The molecule has 0 bridgehead atoms. The summed E-state index contributed by atoms with van der Waals surface area (Å²) in [5, 5.41) is 10.6. The van der Waals surface area contributed by atoms with E-state index in [0.29, 0.717) is 18.3 Å². The van der Waals surface area contributed by atoms with Gasteiger partial charge in [-0.05, 0) is 31.3 Å². The van der Waals surface area contributed by atoms with Crippen LogP contribution in [-0.2, 0) is 11.3 Å². The highest BCUT2D eigenvalue weighted by molar-refractivity contribution is 9.10. The van der Waals surface area contributed by atoms with Crippen molar-refractivity contribution < 1.29 is 9.21 Å². The van der Waals surface area contributed by atoms with E-state index >= 15 is 0 Å². The quantitative estimate of drug-likeness (QED) is 0.897. The third kappa shape index (κ3) is 3.88. The Balaban J connectivity index is 2.02. The fourth-order valence-corrected chi connectivity index (χ4v) is 1.90.